The van der Waals surface area contributed by atoms with E-state index < -0.39 is 24.3 Å². The quantitative estimate of drug-likeness (QED) is 0.101. The minimum absolute atomic E-state index is 0.0542. The second-order valence-corrected chi connectivity index (χ2v) is 12.5. The van der Waals surface area contributed by atoms with Gasteiger partial charge in [-0.2, -0.15) is 4.68 Å². The van der Waals surface area contributed by atoms with Crippen molar-refractivity contribution < 1.29 is 34.0 Å². The lowest BCUT2D eigenvalue weighted by Gasteiger charge is -2.36. The number of urea groups is 1. The summed E-state index contributed by atoms with van der Waals surface area (Å²) in [5.74, 6) is 0.123. The number of anilines is 1. The molecule has 2 amide bonds. The predicted octanol–water partition coefficient (Wildman–Crippen LogP) is 5.10. The van der Waals surface area contributed by atoms with Gasteiger partial charge in [-0.1, -0.05) is 78.5 Å². The number of aromatic hydroxyl groups is 1. The number of carbonyl (C=O) groups excluding carboxylic acids is 2. The Morgan fingerprint density at radius 3 is 2.36 bits per heavy atom. The summed E-state index contributed by atoms with van der Waals surface area (Å²) in [4.78, 5) is 25.3. The molecule has 0 radical (unpaired) electrons. The van der Waals surface area contributed by atoms with Crippen LogP contribution in [0.2, 0.25) is 0 Å². The van der Waals surface area contributed by atoms with Crippen molar-refractivity contribution in [3.8, 4) is 11.4 Å². The normalized spacial score (nSPS) is 17.8. The maximum Gasteiger partial charge on any atom is 0.328 e. The highest BCUT2D eigenvalue weighted by Crippen LogP contribution is 2.39. The molecule has 50 heavy (non-hydrogen) atoms. The van der Waals surface area contributed by atoms with Crippen molar-refractivity contribution in [1.29, 1.82) is 0 Å². The summed E-state index contributed by atoms with van der Waals surface area (Å²) in [5.41, 5.74) is 4.60. The van der Waals surface area contributed by atoms with E-state index in [1.165, 1.54) is 18.9 Å². The smallest absolute Gasteiger partial charge is 0.328 e. The molecule has 5 aromatic rings. The highest BCUT2D eigenvalue weighted by molar-refractivity contribution is 7.99. The maximum absolute atomic E-state index is 12.9. The molecule has 2 heterocycles. The summed E-state index contributed by atoms with van der Waals surface area (Å²) in [6.45, 7) is -0.0542. The van der Waals surface area contributed by atoms with Crippen molar-refractivity contribution in [3.05, 3.63) is 125 Å². The number of thioether (sulfide) groups is 1. The molecule has 4 atom stereocenters. The Kier molecular flexibility index (Phi) is 11.4. The molecule has 1 fully saturated rings. The molecule has 0 unspecified atom stereocenters. The Hall–Kier alpha value is -5.28. The zero-order valence-electron chi connectivity index (χ0n) is 27.1. The van der Waals surface area contributed by atoms with E-state index in [0.717, 1.165) is 22.3 Å². The van der Waals surface area contributed by atoms with E-state index in [1.54, 1.807) is 41.1 Å². The second kappa shape index (κ2) is 16.4. The van der Waals surface area contributed by atoms with Gasteiger partial charge in [-0.25, -0.2) is 9.59 Å². The fourth-order valence-corrected chi connectivity index (χ4v) is 6.36. The van der Waals surface area contributed by atoms with Crippen LogP contribution in [0.25, 0.3) is 5.69 Å². The van der Waals surface area contributed by atoms with Crippen LogP contribution in [0.4, 0.5) is 10.5 Å². The van der Waals surface area contributed by atoms with Crippen LogP contribution in [0, 0.1) is 0 Å². The van der Waals surface area contributed by atoms with Crippen LogP contribution in [0.15, 0.2) is 108 Å². The summed E-state index contributed by atoms with van der Waals surface area (Å²) < 4.78 is 19.4. The van der Waals surface area contributed by atoms with Crippen LogP contribution >= 0.6 is 11.8 Å². The third-order valence-corrected chi connectivity index (χ3v) is 9.11. The summed E-state index contributed by atoms with van der Waals surface area (Å²) >= 11 is 1.44. The summed E-state index contributed by atoms with van der Waals surface area (Å²) in [5, 5.41) is 37.4. The Morgan fingerprint density at radius 1 is 0.940 bits per heavy atom. The molecular weight excluding hydrogens is 660 g/mol. The molecule has 13 nitrogen and oxygen atoms in total. The molecule has 14 heteroatoms. The van der Waals surface area contributed by atoms with Gasteiger partial charge in [0.1, 0.15) is 11.8 Å². The SMILES string of the molecule is COC(=O)[C@H](Cc1ccccc1)NC(=O)Nc1ccc([C@@H]2O[C@H](CSc3nnnn3-c3ccc(O)cc3)C[C@H](c3ccc(CO)cc3)O2)cc1. The van der Waals surface area contributed by atoms with Gasteiger partial charge in [0, 0.05) is 29.8 Å². The number of aliphatic hydroxyl groups excluding tert-OH is 1. The molecule has 1 aromatic heterocycles. The van der Waals surface area contributed by atoms with Gasteiger partial charge in [-0.3, -0.25) is 0 Å². The van der Waals surface area contributed by atoms with Crippen LogP contribution in [0.5, 0.6) is 5.75 Å². The number of rotatable bonds is 12. The predicted molar refractivity (Wildman–Crippen MR) is 185 cm³/mol. The lowest BCUT2D eigenvalue weighted by atomic mass is 10.0. The van der Waals surface area contributed by atoms with Gasteiger partial charge in [0.05, 0.1) is 31.6 Å². The molecule has 6 rings (SSSR count). The van der Waals surface area contributed by atoms with Crippen molar-refractivity contribution in [2.45, 2.75) is 49.1 Å². The number of aliphatic hydroxyl groups is 1. The lowest BCUT2D eigenvalue weighted by molar-refractivity contribution is -0.245. The molecule has 1 aliphatic rings. The standard InChI is InChI=1S/C36H36N6O7S/c1-47-33(45)31(19-23-5-3-2-4-6-23)38-35(46)37-27-13-11-26(12-14-27)34-48-30(20-32(49-34)25-9-7-24(21-43)8-10-25)22-50-36-39-40-41-42(36)28-15-17-29(44)18-16-28/h2-18,30-32,34,43-44H,19-22H2,1H3,(H2,37,38,46)/t30-,31-,32+,34+/m0/s1. The molecule has 258 valence electrons. The first-order chi connectivity index (χ1) is 24.4. The van der Waals surface area contributed by atoms with Crippen LogP contribution in [0.3, 0.4) is 0 Å². The topological polar surface area (TPSA) is 170 Å². The molecule has 4 N–H and O–H groups in total. The number of hydrogen-bond acceptors (Lipinski definition) is 11. The highest BCUT2D eigenvalue weighted by Gasteiger charge is 2.33. The molecular formula is C36H36N6O7S. The Labute approximate surface area is 292 Å². The number of carbonyl (C=O) groups is 2. The molecule has 0 bridgehead atoms. The largest absolute Gasteiger partial charge is 0.508 e. The van der Waals surface area contributed by atoms with Crippen LogP contribution in [0.1, 0.15) is 41.1 Å². The van der Waals surface area contributed by atoms with Gasteiger partial charge in [-0.05, 0) is 63.5 Å². The van der Waals surface area contributed by atoms with E-state index in [4.69, 9.17) is 14.2 Å². The number of aromatic nitrogens is 4. The fourth-order valence-electron chi connectivity index (χ4n) is 5.45. The number of ether oxygens (including phenoxy) is 3. The molecule has 0 spiro atoms. The first kappa shape index (κ1) is 34.6. The van der Waals surface area contributed by atoms with E-state index >= 15 is 0 Å². The van der Waals surface area contributed by atoms with Crippen molar-refractivity contribution in [3.63, 3.8) is 0 Å². The Morgan fingerprint density at radius 2 is 1.66 bits per heavy atom. The average molecular weight is 697 g/mol. The molecule has 1 aliphatic heterocycles. The van der Waals surface area contributed by atoms with Crippen LogP contribution < -0.4 is 10.6 Å². The first-order valence-corrected chi connectivity index (χ1v) is 16.9. The average Bonchev–Trinajstić information content (AvgIpc) is 3.63. The van der Waals surface area contributed by atoms with E-state index in [0.29, 0.717) is 28.7 Å². The van der Waals surface area contributed by atoms with Crippen LogP contribution in [-0.4, -0.2) is 67.4 Å². The van der Waals surface area contributed by atoms with Crippen molar-refractivity contribution in [2.75, 3.05) is 18.2 Å². The number of amides is 2. The van der Waals surface area contributed by atoms with Gasteiger partial charge in [-0.15, -0.1) is 5.10 Å². The summed E-state index contributed by atoms with van der Waals surface area (Å²) in [7, 11) is 1.28. The minimum atomic E-state index is -0.866. The van der Waals surface area contributed by atoms with Crippen molar-refractivity contribution in [2.24, 2.45) is 0 Å². The van der Waals surface area contributed by atoms with Gasteiger partial charge in [0.15, 0.2) is 6.29 Å². The van der Waals surface area contributed by atoms with Gasteiger partial charge in [0.25, 0.3) is 0 Å². The van der Waals surface area contributed by atoms with E-state index in [9.17, 15) is 19.8 Å². The zero-order chi connectivity index (χ0) is 34.9. The maximum atomic E-state index is 12.9. The number of hydrogen-bond donors (Lipinski definition) is 4. The molecule has 1 saturated heterocycles. The Balaban J connectivity index is 1.14. The summed E-state index contributed by atoms with van der Waals surface area (Å²) in [6.07, 6.45) is -0.432. The molecule has 0 saturated carbocycles. The fraction of sp³-hybridized carbons (Fsp3) is 0.250. The number of esters is 1. The number of nitrogens with one attached hydrogen (secondary N) is 2. The molecule has 4 aromatic carbocycles. The number of phenolic OH excluding ortho intramolecular Hbond substituents is 1. The zero-order valence-corrected chi connectivity index (χ0v) is 27.9. The second-order valence-electron chi connectivity index (χ2n) is 11.5. The first-order valence-electron chi connectivity index (χ1n) is 15.9. The molecule has 0 aliphatic carbocycles. The number of methoxy groups -OCH3 is 1. The third kappa shape index (κ3) is 8.84. The third-order valence-electron chi connectivity index (χ3n) is 8.06. The highest BCUT2D eigenvalue weighted by atomic mass is 32.2. The van der Waals surface area contributed by atoms with E-state index in [2.05, 4.69) is 26.2 Å². The van der Waals surface area contributed by atoms with E-state index in [1.807, 2.05) is 66.7 Å². The van der Waals surface area contributed by atoms with Crippen LogP contribution in [-0.2, 0) is 32.0 Å². The van der Waals surface area contributed by atoms with Crippen molar-refractivity contribution in [1.82, 2.24) is 25.5 Å². The van der Waals surface area contributed by atoms with Crippen molar-refractivity contribution >= 4 is 29.4 Å². The van der Waals surface area contributed by atoms with E-state index in [-0.39, 0.29) is 31.0 Å². The number of tetrazole rings is 1. The monoisotopic (exact) mass is 696 g/mol. The number of benzene rings is 4. The lowest BCUT2D eigenvalue weighted by Crippen LogP contribution is -2.45. The number of phenols is 1. The summed E-state index contributed by atoms with van der Waals surface area (Å²) in [6, 6.07) is 29.3. The minimum Gasteiger partial charge on any atom is -0.508 e. The number of nitrogens with zero attached hydrogens (tertiary/aromatic N) is 4. The Bertz CT molecular complexity index is 1860. The van der Waals surface area contributed by atoms with Gasteiger partial charge in [0.2, 0.25) is 5.16 Å². The van der Waals surface area contributed by atoms with Gasteiger partial charge >= 0.3 is 12.0 Å². The van der Waals surface area contributed by atoms with Gasteiger partial charge < -0.3 is 35.1 Å².